The van der Waals surface area contributed by atoms with Crippen molar-refractivity contribution in [3.63, 3.8) is 0 Å². The summed E-state index contributed by atoms with van der Waals surface area (Å²) >= 11 is 0. The van der Waals surface area contributed by atoms with Crippen LogP contribution in [0.5, 0.6) is 0 Å². The number of hydrogen-bond donors (Lipinski definition) is 0. The van der Waals surface area contributed by atoms with E-state index in [9.17, 15) is 0 Å². The minimum absolute atomic E-state index is 0.431. The van der Waals surface area contributed by atoms with Crippen LogP contribution in [0.15, 0.2) is 41.4 Å². The molecule has 0 bridgehead atoms. The highest BCUT2D eigenvalue weighted by Gasteiger charge is 2.26. The Morgan fingerprint density at radius 1 is 1.31 bits per heavy atom. The highest BCUT2D eigenvalue weighted by Crippen LogP contribution is 2.28. The molecule has 1 atom stereocenters. The Morgan fingerprint density at radius 3 is 3.04 bits per heavy atom. The highest BCUT2D eigenvalue weighted by atomic mass is 16.5. The zero-order chi connectivity index (χ0) is 17.9. The van der Waals surface area contributed by atoms with Crippen LogP contribution in [0.25, 0.3) is 11.4 Å². The van der Waals surface area contributed by atoms with E-state index in [1.807, 2.05) is 18.3 Å². The number of nitrogens with zero attached hydrogens (tertiary/aromatic N) is 6. The van der Waals surface area contributed by atoms with E-state index in [0.29, 0.717) is 30.2 Å². The van der Waals surface area contributed by atoms with Gasteiger partial charge in [-0.15, -0.1) is 0 Å². The smallest absolute Gasteiger partial charge is 0.241 e. The SMILES string of the molecule is CC(C)n1ccnc1[C@H]1CCCN(Cc2nc(-c3cccnc3)no2)C1. The molecule has 0 unspecified atom stereocenters. The van der Waals surface area contributed by atoms with Crippen LogP contribution in [0.2, 0.25) is 0 Å². The van der Waals surface area contributed by atoms with Crippen molar-refractivity contribution in [2.75, 3.05) is 13.1 Å². The fraction of sp³-hybridized carbons (Fsp3) is 0.474. The van der Waals surface area contributed by atoms with Crippen LogP contribution in [0.4, 0.5) is 0 Å². The lowest BCUT2D eigenvalue weighted by atomic mass is 9.97. The summed E-state index contributed by atoms with van der Waals surface area (Å²) in [5.41, 5.74) is 0.873. The molecule has 7 nitrogen and oxygen atoms in total. The van der Waals surface area contributed by atoms with E-state index in [1.54, 1.807) is 12.4 Å². The molecule has 3 aromatic heterocycles. The standard InChI is InChI=1S/C19H24N6O/c1-14(2)25-10-8-21-19(25)16-6-4-9-24(12-16)13-17-22-18(23-26-17)15-5-3-7-20-11-15/h3,5,7-8,10-11,14,16H,4,6,9,12-13H2,1-2H3/t16-/m0/s1. The fourth-order valence-electron chi connectivity index (χ4n) is 3.61. The van der Waals surface area contributed by atoms with Crippen molar-refractivity contribution in [1.82, 2.24) is 29.6 Å². The van der Waals surface area contributed by atoms with E-state index in [1.165, 1.54) is 12.2 Å². The Labute approximate surface area is 153 Å². The summed E-state index contributed by atoms with van der Waals surface area (Å²) in [7, 11) is 0. The largest absolute Gasteiger partial charge is 0.338 e. The maximum atomic E-state index is 5.46. The number of pyridine rings is 1. The van der Waals surface area contributed by atoms with Crippen molar-refractivity contribution < 1.29 is 4.52 Å². The molecule has 1 saturated heterocycles. The van der Waals surface area contributed by atoms with Crippen molar-refractivity contribution in [2.24, 2.45) is 0 Å². The molecule has 0 aromatic carbocycles. The van der Waals surface area contributed by atoms with Gasteiger partial charge < -0.3 is 9.09 Å². The molecule has 0 spiro atoms. The van der Waals surface area contributed by atoms with Gasteiger partial charge >= 0.3 is 0 Å². The lowest BCUT2D eigenvalue weighted by Gasteiger charge is -2.32. The molecule has 4 rings (SSSR count). The Balaban J connectivity index is 1.44. The Bertz CT molecular complexity index is 841. The normalized spacial score (nSPS) is 18.5. The van der Waals surface area contributed by atoms with Crippen LogP contribution < -0.4 is 0 Å². The summed E-state index contributed by atoms with van der Waals surface area (Å²) in [6, 6.07) is 4.24. The third-order valence-corrected chi connectivity index (χ3v) is 4.87. The molecule has 0 N–H and O–H groups in total. The quantitative estimate of drug-likeness (QED) is 0.701. The van der Waals surface area contributed by atoms with Crippen LogP contribution in [-0.4, -0.2) is 42.7 Å². The molecule has 0 radical (unpaired) electrons. The molecular formula is C19H24N6O. The minimum atomic E-state index is 0.431. The molecule has 1 aliphatic heterocycles. The van der Waals surface area contributed by atoms with Crippen LogP contribution in [0.1, 0.15) is 50.4 Å². The summed E-state index contributed by atoms with van der Waals surface area (Å²) in [6.45, 7) is 7.08. The second-order valence-corrected chi connectivity index (χ2v) is 7.11. The maximum absolute atomic E-state index is 5.46. The van der Waals surface area contributed by atoms with Gasteiger partial charge in [0.05, 0.1) is 6.54 Å². The summed E-state index contributed by atoms with van der Waals surface area (Å²) in [6.07, 6.45) is 9.80. The molecule has 1 fully saturated rings. The van der Waals surface area contributed by atoms with Crippen molar-refractivity contribution in [3.05, 3.63) is 48.6 Å². The Morgan fingerprint density at radius 2 is 2.23 bits per heavy atom. The van der Waals surface area contributed by atoms with Gasteiger partial charge in [-0.25, -0.2) is 4.98 Å². The van der Waals surface area contributed by atoms with Crippen LogP contribution in [0.3, 0.4) is 0 Å². The fourth-order valence-corrected chi connectivity index (χ4v) is 3.61. The molecule has 4 heterocycles. The van der Waals surface area contributed by atoms with Gasteiger partial charge in [0.25, 0.3) is 0 Å². The molecule has 136 valence electrons. The van der Waals surface area contributed by atoms with Crippen molar-refractivity contribution in [3.8, 4) is 11.4 Å². The Kier molecular flexibility index (Phi) is 4.79. The first kappa shape index (κ1) is 16.9. The van der Waals surface area contributed by atoms with Gasteiger partial charge in [0.1, 0.15) is 5.82 Å². The third kappa shape index (κ3) is 3.53. The lowest BCUT2D eigenvalue weighted by Crippen LogP contribution is -2.35. The second-order valence-electron chi connectivity index (χ2n) is 7.11. The average Bonchev–Trinajstić information content (AvgIpc) is 3.32. The molecule has 3 aromatic rings. The highest BCUT2D eigenvalue weighted by molar-refractivity contribution is 5.51. The molecule has 0 amide bonds. The van der Waals surface area contributed by atoms with Gasteiger partial charge in [-0.3, -0.25) is 9.88 Å². The van der Waals surface area contributed by atoms with Crippen LogP contribution >= 0.6 is 0 Å². The predicted molar refractivity (Wildman–Crippen MR) is 97.4 cm³/mol. The number of rotatable bonds is 5. The summed E-state index contributed by atoms with van der Waals surface area (Å²) in [4.78, 5) is 15.6. The molecule has 0 aliphatic carbocycles. The van der Waals surface area contributed by atoms with Gasteiger partial charge in [0.15, 0.2) is 0 Å². The topological polar surface area (TPSA) is 72.9 Å². The van der Waals surface area contributed by atoms with Gasteiger partial charge in [-0.2, -0.15) is 4.98 Å². The van der Waals surface area contributed by atoms with E-state index in [4.69, 9.17) is 4.52 Å². The van der Waals surface area contributed by atoms with Crippen LogP contribution in [0, 0.1) is 0 Å². The second kappa shape index (κ2) is 7.37. The number of likely N-dealkylation sites (tertiary alicyclic amines) is 1. The van der Waals surface area contributed by atoms with E-state index in [-0.39, 0.29) is 0 Å². The van der Waals surface area contributed by atoms with E-state index >= 15 is 0 Å². The monoisotopic (exact) mass is 352 g/mol. The van der Waals surface area contributed by atoms with Gasteiger partial charge in [-0.05, 0) is 45.4 Å². The van der Waals surface area contributed by atoms with Gasteiger partial charge in [-0.1, -0.05) is 5.16 Å². The molecule has 0 saturated carbocycles. The first-order chi connectivity index (χ1) is 12.7. The maximum Gasteiger partial charge on any atom is 0.241 e. The third-order valence-electron chi connectivity index (χ3n) is 4.87. The van der Waals surface area contributed by atoms with Crippen LogP contribution in [-0.2, 0) is 6.54 Å². The Hall–Kier alpha value is -2.54. The molecule has 26 heavy (non-hydrogen) atoms. The molecule has 7 heteroatoms. The average molecular weight is 352 g/mol. The van der Waals surface area contributed by atoms with E-state index < -0.39 is 0 Å². The summed E-state index contributed by atoms with van der Waals surface area (Å²) in [5.74, 6) is 2.88. The number of piperidine rings is 1. The first-order valence-corrected chi connectivity index (χ1v) is 9.19. The molecular weight excluding hydrogens is 328 g/mol. The molecule has 1 aliphatic rings. The van der Waals surface area contributed by atoms with E-state index in [2.05, 4.69) is 49.6 Å². The summed E-state index contributed by atoms with van der Waals surface area (Å²) < 4.78 is 7.74. The number of imidazole rings is 1. The minimum Gasteiger partial charge on any atom is -0.338 e. The van der Waals surface area contributed by atoms with E-state index in [0.717, 1.165) is 25.1 Å². The zero-order valence-corrected chi connectivity index (χ0v) is 15.2. The van der Waals surface area contributed by atoms with Crippen molar-refractivity contribution >= 4 is 0 Å². The lowest BCUT2D eigenvalue weighted by molar-refractivity contribution is 0.172. The number of hydrogen-bond acceptors (Lipinski definition) is 6. The zero-order valence-electron chi connectivity index (χ0n) is 15.2. The van der Waals surface area contributed by atoms with Crippen molar-refractivity contribution in [2.45, 2.75) is 45.2 Å². The summed E-state index contributed by atoms with van der Waals surface area (Å²) in [5, 5.41) is 4.09. The van der Waals surface area contributed by atoms with Crippen molar-refractivity contribution in [1.29, 1.82) is 0 Å². The number of aromatic nitrogens is 5. The first-order valence-electron chi connectivity index (χ1n) is 9.19. The predicted octanol–water partition coefficient (Wildman–Crippen LogP) is 3.29. The van der Waals surface area contributed by atoms with Gasteiger partial charge in [0, 0.05) is 48.9 Å². The van der Waals surface area contributed by atoms with Gasteiger partial charge in [0.2, 0.25) is 11.7 Å².